The van der Waals surface area contributed by atoms with Gasteiger partial charge in [-0.2, -0.15) is 0 Å². The van der Waals surface area contributed by atoms with Crippen LogP contribution in [0.1, 0.15) is 32.3 Å². The maximum absolute atomic E-state index is 11.7. The molecule has 0 radical (unpaired) electrons. The van der Waals surface area contributed by atoms with Crippen LogP contribution >= 0.6 is 0 Å². The summed E-state index contributed by atoms with van der Waals surface area (Å²) in [6, 6.07) is 9.24. The molecule has 0 saturated heterocycles. The molecule has 0 bridgehead atoms. The summed E-state index contributed by atoms with van der Waals surface area (Å²) in [5.41, 5.74) is 1.22. The molecule has 0 aromatic heterocycles. The van der Waals surface area contributed by atoms with Gasteiger partial charge in [0.1, 0.15) is 6.04 Å². The molecule has 22 heavy (non-hydrogen) atoms. The van der Waals surface area contributed by atoms with Gasteiger partial charge in [-0.05, 0) is 24.3 Å². The second-order valence-corrected chi connectivity index (χ2v) is 5.58. The van der Waals surface area contributed by atoms with Crippen LogP contribution in [0.5, 0.6) is 0 Å². The third kappa shape index (κ3) is 7.22. The number of hydrogen-bond donors (Lipinski definition) is 2. The topological polar surface area (TPSA) is 75.6 Å². The predicted molar refractivity (Wildman–Crippen MR) is 84.6 cm³/mol. The maximum Gasteiger partial charge on any atom is 0.326 e. The minimum Gasteiger partial charge on any atom is -0.480 e. The molecule has 122 valence electrons. The third-order valence-corrected chi connectivity index (χ3v) is 3.32. The van der Waals surface area contributed by atoms with E-state index in [1.165, 1.54) is 5.56 Å². The molecule has 1 amide bonds. The zero-order valence-corrected chi connectivity index (χ0v) is 13.2. The van der Waals surface area contributed by atoms with Crippen molar-refractivity contribution in [2.75, 3.05) is 13.2 Å². The second kappa shape index (κ2) is 9.95. The van der Waals surface area contributed by atoms with Gasteiger partial charge in [-0.1, -0.05) is 44.2 Å². The Hall–Kier alpha value is -1.88. The van der Waals surface area contributed by atoms with Gasteiger partial charge in [0, 0.05) is 13.0 Å². The Morgan fingerprint density at radius 1 is 1.18 bits per heavy atom. The number of carboxylic acid groups (broad SMARTS) is 1. The molecule has 0 aliphatic carbocycles. The number of ether oxygens (including phenoxy) is 1. The van der Waals surface area contributed by atoms with Crippen molar-refractivity contribution in [3.63, 3.8) is 0 Å². The number of hydrogen-bond acceptors (Lipinski definition) is 3. The summed E-state index contributed by atoms with van der Waals surface area (Å²) >= 11 is 0. The first-order chi connectivity index (χ1) is 10.5. The number of nitrogens with one attached hydrogen (secondary N) is 1. The average molecular weight is 307 g/mol. The van der Waals surface area contributed by atoms with Gasteiger partial charge in [-0.3, -0.25) is 4.79 Å². The zero-order chi connectivity index (χ0) is 16.4. The van der Waals surface area contributed by atoms with Gasteiger partial charge in [-0.15, -0.1) is 0 Å². The van der Waals surface area contributed by atoms with Crippen LogP contribution in [-0.2, 0) is 20.7 Å². The van der Waals surface area contributed by atoms with Crippen LogP contribution in [0.25, 0.3) is 0 Å². The van der Waals surface area contributed by atoms with E-state index in [2.05, 4.69) is 17.4 Å². The summed E-state index contributed by atoms with van der Waals surface area (Å²) in [5, 5.41) is 11.5. The summed E-state index contributed by atoms with van der Waals surface area (Å²) in [6.07, 6.45) is 1.72. The van der Waals surface area contributed by atoms with E-state index in [4.69, 9.17) is 9.84 Å². The normalized spacial score (nSPS) is 12.1. The molecule has 0 saturated carbocycles. The Morgan fingerprint density at radius 2 is 1.86 bits per heavy atom. The Kier molecular flexibility index (Phi) is 8.22. The predicted octanol–water partition coefficient (Wildman–Crippen LogP) is 2.25. The standard InChI is InChI=1S/C17H25NO4/c1-13(2)16(17(20)21)18-15(19)9-6-11-22-12-10-14-7-4-3-5-8-14/h3-5,7-8,13,16H,6,9-12H2,1-2H3,(H,18,19)(H,20,21)/t16-/m1/s1. The molecule has 0 heterocycles. The molecule has 0 fully saturated rings. The lowest BCUT2D eigenvalue weighted by atomic mass is 10.0. The summed E-state index contributed by atoms with van der Waals surface area (Å²) in [5.74, 6) is -1.38. The van der Waals surface area contributed by atoms with Gasteiger partial charge >= 0.3 is 5.97 Å². The van der Waals surface area contributed by atoms with Crippen LogP contribution in [0.2, 0.25) is 0 Å². The fourth-order valence-electron chi connectivity index (χ4n) is 2.03. The molecule has 0 spiro atoms. The molecular weight excluding hydrogens is 282 g/mol. The highest BCUT2D eigenvalue weighted by Gasteiger charge is 2.22. The van der Waals surface area contributed by atoms with Crippen LogP contribution in [0.15, 0.2) is 30.3 Å². The van der Waals surface area contributed by atoms with E-state index < -0.39 is 12.0 Å². The van der Waals surface area contributed by atoms with Crippen LogP contribution in [0.3, 0.4) is 0 Å². The number of benzene rings is 1. The van der Waals surface area contributed by atoms with Gasteiger partial charge in [-0.25, -0.2) is 4.79 Å². The van der Waals surface area contributed by atoms with Gasteiger partial charge in [0.2, 0.25) is 5.91 Å². The van der Waals surface area contributed by atoms with Crippen molar-refractivity contribution in [3.05, 3.63) is 35.9 Å². The first-order valence-corrected chi connectivity index (χ1v) is 7.64. The van der Waals surface area contributed by atoms with Gasteiger partial charge < -0.3 is 15.2 Å². The minimum atomic E-state index is -0.998. The molecule has 5 nitrogen and oxygen atoms in total. The molecule has 1 aromatic rings. The van der Waals surface area contributed by atoms with Crippen molar-refractivity contribution < 1.29 is 19.4 Å². The number of carbonyl (C=O) groups excluding carboxylic acids is 1. The highest BCUT2D eigenvalue weighted by Crippen LogP contribution is 2.03. The van der Waals surface area contributed by atoms with Crippen molar-refractivity contribution >= 4 is 11.9 Å². The molecule has 2 N–H and O–H groups in total. The zero-order valence-electron chi connectivity index (χ0n) is 13.2. The van der Waals surface area contributed by atoms with Crippen molar-refractivity contribution in [1.82, 2.24) is 5.32 Å². The Balaban J connectivity index is 2.11. The van der Waals surface area contributed by atoms with Crippen LogP contribution < -0.4 is 5.32 Å². The Bertz CT molecular complexity index is 459. The largest absolute Gasteiger partial charge is 0.480 e. The monoisotopic (exact) mass is 307 g/mol. The molecule has 5 heteroatoms. The van der Waals surface area contributed by atoms with Crippen molar-refractivity contribution in [2.24, 2.45) is 5.92 Å². The maximum atomic E-state index is 11.7. The van der Waals surface area contributed by atoms with E-state index in [0.717, 1.165) is 6.42 Å². The second-order valence-electron chi connectivity index (χ2n) is 5.58. The molecule has 1 aromatic carbocycles. The minimum absolute atomic E-state index is 0.136. The number of rotatable bonds is 10. The third-order valence-electron chi connectivity index (χ3n) is 3.32. The summed E-state index contributed by atoms with van der Waals surface area (Å²) < 4.78 is 5.49. The lowest BCUT2D eigenvalue weighted by Crippen LogP contribution is -2.44. The fourth-order valence-corrected chi connectivity index (χ4v) is 2.03. The van der Waals surface area contributed by atoms with E-state index in [1.54, 1.807) is 13.8 Å². The summed E-state index contributed by atoms with van der Waals surface area (Å²) in [6.45, 7) is 4.66. The van der Waals surface area contributed by atoms with Gasteiger partial charge in [0.25, 0.3) is 0 Å². The van der Waals surface area contributed by atoms with Crippen molar-refractivity contribution in [1.29, 1.82) is 0 Å². The quantitative estimate of drug-likeness (QED) is 0.650. The highest BCUT2D eigenvalue weighted by atomic mass is 16.5. The van der Waals surface area contributed by atoms with Crippen LogP contribution in [0, 0.1) is 5.92 Å². The van der Waals surface area contributed by atoms with E-state index >= 15 is 0 Å². The van der Waals surface area contributed by atoms with E-state index in [1.807, 2.05) is 18.2 Å². The molecule has 1 rings (SSSR count). The SMILES string of the molecule is CC(C)[C@@H](NC(=O)CCCOCCc1ccccc1)C(=O)O. The lowest BCUT2D eigenvalue weighted by Gasteiger charge is -2.17. The smallest absolute Gasteiger partial charge is 0.326 e. The van der Waals surface area contributed by atoms with E-state index in [9.17, 15) is 9.59 Å². The highest BCUT2D eigenvalue weighted by molar-refractivity contribution is 5.83. The fraction of sp³-hybridized carbons (Fsp3) is 0.529. The first-order valence-electron chi connectivity index (χ1n) is 7.64. The number of carbonyl (C=O) groups is 2. The molecular formula is C17H25NO4. The number of carboxylic acids is 1. The van der Waals surface area contributed by atoms with Crippen LogP contribution in [-0.4, -0.2) is 36.2 Å². The van der Waals surface area contributed by atoms with Gasteiger partial charge in [0.15, 0.2) is 0 Å². The molecule has 0 aliphatic heterocycles. The Morgan fingerprint density at radius 3 is 2.45 bits per heavy atom. The molecule has 0 unspecified atom stereocenters. The van der Waals surface area contributed by atoms with Gasteiger partial charge in [0.05, 0.1) is 6.61 Å². The summed E-state index contributed by atoms with van der Waals surface area (Å²) in [4.78, 5) is 22.7. The Labute approximate surface area is 131 Å². The van der Waals surface area contributed by atoms with Crippen molar-refractivity contribution in [2.45, 2.75) is 39.2 Å². The number of amides is 1. The lowest BCUT2D eigenvalue weighted by molar-refractivity contribution is -0.143. The number of aliphatic carboxylic acids is 1. The van der Waals surface area contributed by atoms with Crippen LogP contribution in [0.4, 0.5) is 0 Å². The summed E-state index contributed by atoms with van der Waals surface area (Å²) in [7, 11) is 0. The first kappa shape index (κ1) is 18.2. The average Bonchev–Trinajstić information content (AvgIpc) is 2.48. The molecule has 0 aliphatic rings. The molecule has 1 atom stereocenters. The van der Waals surface area contributed by atoms with Crippen molar-refractivity contribution in [3.8, 4) is 0 Å². The van der Waals surface area contributed by atoms with E-state index in [0.29, 0.717) is 19.6 Å². The van der Waals surface area contributed by atoms with E-state index in [-0.39, 0.29) is 18.2 Å².